The molecule has 1 aromatic heterocycles. The number of rotatable bonds is 2. The van der Waals surface area contributed by atoms with Crippen LogP contribution >= 0.6 is 12.4 Å². The van der Waals surface area contributed by atoms with Gasteiger partial charge in [-0.2, -0.15) is 10.4 Å². The second kappa shape index (κ2) is 5.34. The van der Waals surface area contributed by atoms with Gasteiger partial charge in [0.1, 0.15) is 0 Å². The summed E-state index contributed by atoms with van der Waals surface area (Å²) in [6.45, 7) is 1.72. The van der Waals surface area contributed by atoms with Gasteiger partial charge >= 0.3 is 5.97 Å². The van der Waals surface area contributed by atoms with Crippen molar-refractivity contribution in [2.24, 2.45) is 0 Å². The van der Waals surface area contributed by atoms with E-state index in [0.29, 0.717) is 16.9 Å². The Hall–Kier alpha value is -2.32. The Morgan fingerprint density at radius 1 is 1.44 bits per heavy atom. The number of nitrogens with zero attached hydrogens (tertiary/aromatic N) is 3. The average Bonchev–Trinajstić information content (AvgIpc) is 2.72. The van der Waals surface area contributed by atoms with Crippen molar-refractivity contribution in [1.29, 1.82) is 5.26 Å². The molecule has 0 spiro atoms. The fourth-order valence-electron chi connectivity index (χ4n) is 1.56. The lowest BCUT2D eigenvalue weighted by Crippen LogP contribution is -2.07. The number of carboxylic acids is 1. The first-order valence-electron chi connectivity index (χ1n) is 4.92. The fourth-order valence-corrected chi connectivity index (χ4v) is 1.56. The van der Waals surface area contributed by atoms with Crippen LogP contribution < -0.4 is 0 Å². The third-order valence-corrected chi connectivity index (χ3v) is 2.27. The van der Waals surface area contributed by atoms with Gasteiger partial charge in [0.2, 0.25) is 0 Å². The van der Waals surface area contributed by atoms with Gasteiger partial charge in [-0.15, -0.1) is 12.4 Å². The minimum atomic E-state index is -1.05. The molecule has 18 heavy (non-hydrogen) atoms. The number of hydrogen-bond acceptors (Lipinski definition) is 3. The molecule has 0 bridgehead atoms. The Bertz CT molecular complexity index is 628. The average molecular weight is 264 g/mol. The van der Waals surface area contributed by atoms with E-state index in [-0.39, 0.29) is 18.1 Å². The van der Waals surface area contributed by atoms with E-state index in [9.17, 15) is 4.79 Å². The zero-order valence-electron chi connectivity index (χ0n) is 9.49. The first kappa shape index (κ1) is 13.7. The highest BCUT2D eigenvalue weighted by molar-refractivity contribution is 5.86. The molecule has 0 aliphatic heterocycles. The summed E-state index contributed by atoms with van der Waals surface area (Å²) in [5.74, 6) is -1.05. The van der Waals surface area contributed by atoms with E-state index in [1.807, 2.05) is 6.07 Å². The molecular weight excluding hydrogens is 254 g/mol. The summed E-state index contributed by atoms with van der Waals surface area (Å²) in [7, 11) is 0. The van der Waals surface area contributed by atoms with Crippen LogP contribution in [-0.2, 0) is 0 Å². The molecule has 0 radical (unpaired) electrons. The van der Waals surface area contributed by atoms with Crippen LogP contribution in [0.2, 0.25) is 0 Å². The van der Waals surface area contributed by atoms with Crippen molar-refractivity contribution in [1.82, 2.24) is 9.78 Å². The minimum absolute atomic E-state index is 0. The van der Waals surface area contributed by atoms with Crippen molar-refractivity contribution in [3.63, 3.8) is 0 Å². The first-order chi connectivity index (χ1) is 8.11. The maximum atomic E-state index is 11.0. The van der Waals surface area contributed by atoms with Gasteiger partial charge in [-0.25, -0.2) is 9.48 Å². The maximum Gasteiger partial charge on any atom is 0.354 e. The smallest absolute Gasteiger partial charge is 0.354 e. The summed E-state index contributed by atoms with van der Waals surface area (Å²) in [6.07, 6.45) is 0. The van der Waals surface area contributed by atoms with Crippen LogP contribution in [0.1, 0.15) is 21.7 Å². The standard InChI is InChI=1S/C12H9N3O2.ClH/c1-8-5-11(12(16)17)15(14-8)10-4-2-3-9(6-10)7-13;/h2-6H,1H3,(H,16,17);1H. The minimum Gasteiger partial charge on any atom is -0.477 e. The highest BCUT2D eigenvalue weighted by atomic mass is 35.5. The monoisotopic (exact) mass is 263 g/mol. The predicted octanol–water partition coefficient (Wildman–Crippen LogP) is 2.17. The van der Waals surface area contributed by atoms with Crippen molar-refractivity contribution in [3.8, 4) is 11.8 Å². The highest BCUT2D eigenvalue weighted by Crippen LogP contribution is 2.14. The molecule has 1 N–H and O–H groups in total. The Morgan fingerprint density at radius 2 is 2.17 bits per heavy atom. The number of hydrogen-bond donors (Lipinski definition) is 1. The van der Waals surface area contributed by atoms with Gasteiger partial charge < -0.3 is 5.11 Å². The van der Waals surface area contributed by atoms with Gasteiger partial charge in [0.05, 0.1) is 23.0 Å². The Balaban J connectivity index is 0.00000162. The molecule has 0 saturated heterocycles. The summed E-state index contributed by atoms with van der Waals surface area (Å²) in [5, 5.41) is 21.9. The normalized spacial score (nSPS) is 9.33. The van der Waals surface area contributed by atoms with Gasteiger partial charge in [0.15, 0.2) is 5.69 Å². The third kappa shape index (κ3) is 2.50. The highest BCUT2D eigenvalue weighted by Gasteiger charge is 2.13. The molecule has 92 valence electrons. The van der Waals surface area contributed by atoms with Crippen molar-refractivity contribution >= 4 is 18.4 Å². The molecule has 0 aliphatic carbocycles. The van der Waals surface area contributed by atoms with Crippen molar-refractivity contribution < 1.29 is 9.90 Å². The molecule has 5 nitrogen and oxygen atoms in total. The van der Waals surface area contributed by atoms with Crippen LogP contribution in [0.3, 0.4) is 0 Å². The van der Waals surface area contributed by atoms with Crippen LogP contribution in [-0.4, -0.2) is 20.9 Å². The van der Waals surface area contributed by atoms with E-state index in [1.54, 1.807) is 31.2 Å². The summed E-state index contributed by atoms with van der Waals surface area (Å²) < 4.78 is 1.32. The van der Waals surface area contributed by atoms with Crippen LogP contribution in [0.5, 0.6) is 0 Å². The topological polar surface area (TPSA) is 78.9 Å². The lowest BCUT2D eigenvalue weighted by Gasteiger charge is -2.04. The molecule has 6 heteroatoms. The first-order valence-corrected chi connectivity index (χ1v) is 4.92. The zero-order valence-corrected chi connectivity index (χ0v) is 10.3. The molecule has 2 aromatic rings. The van der Waals surface area contributed by atoms with E-state index in [1.165, 1.54) is 10.7 Å². The Morgan fingerprint density at radius 3 is 2.78 bits per heavy atom. The van der Waals surface area contributed by atoms with Crippen LogP contribution in [0, 0.1) is 18.3 Å². The number of aryl methyl sites for hydroxylation is 1. The van der Waals surface area contributed by atoms with E-state index in [2.05, 4.69) is 5.10 Å². The summed E-state index contributed by atoms with van der Waals surface area (Å²) in [5.41, 5.74) is 1.73. The number of carbonyl (C=O) groups is 1. The molecule has 0 unspecified atom stereocenters. The zero-order chi connectivity index (χ0) is 12.4. The molecule has 0 aliphatic rings. The molecule has 2 rings (SSSR count). The number of nitriles is 1. The molecule has 0 atom stereocenters. The fraction of sp³-hybridized carbons (Fsp3) is 0.0833. The Labute approximate surface area is 110 Å². The second-order valence-electron chi connectivity index (χ2n) is 3.55. The lowest BCUT2D eigenvalue weighted by atomic mass is 10.2. The van der Waals surface area contributed by atoms with Gasteiger partial charge in [-0.3, -0.25) is 0 Å². The van der Waals surface area contributed by atoms with E-state index < -0.39 is 5.97 Å². The molecule has 1 heterocycles. The van der Waals surface area contributed by atoms with E-state index in [0.717, 1.165) is 0 Å². The van der Waals surface area contributed by atoms with Gasteiger partial charge in [-0.1, -0.05) is 6.07 Å². The van der Waals surface area contributed by atoms with Crippen LogP contribution in [0.25, 0.3) is 5.69 Å². The lowest BCUT2D eigenvalue weighted by molar-refractivity contribution is 0.0687. The van der Waals surface area contributed by atoms with Crippen molar-refractivity contribution in [3.05, 3.63) is 47.3 Å². The van der Waals surface area contributed by atoms with Crippen LogP contribution in [0.15, 0.2) is 30.3 Å². The number of aromatic carboxylic acids is 1. The second-order valence-corrected chi connectivity index (χ2v) is 3.55. The quantitative estimate of drug-likeness (QED) is 0.901. The van der Waals surface area contributed by atoms with E-state index in [4.69, 9.17) is 10.4 Å². The SMILES string of the molecule is Cc1cc(C(=O)O)n(-c2cccc(C#N)c2)n1.Cl. The van der Waals surface area contributed by atoms with Gasteiger partial charge in [-0.05, 0) is 31.2 Å². The Kier molecular flexibility index (Phi) is 4.08. The van der Waals surface area contributed by atoms with Crippen molar-refractivity contribution in [2.75, 3.05) is 0 Å². The number of halogens is 1. The van der Waals surface area contributed by atoms with Crippen molar-refractivity contribution in [2.45, 2.75) is 6.92 Å². The van der Waals surface area contributed by atoms with E-state index >= 15 is 0 Å². The molecule has 0 amide bonds. The number of aromatic nitrogens is 2. The predicted molar refractivity (Wildman–Crippen MR) is 67.2 cm³/mol. The molecular formula is C12H10ClN3O2. The van der Waals surface area contributed by atoms with Gasteiger partial charge in [0, 0.05) is 0 Å². The summed E-state index contributed by atoms with van der Waals surface area (Å²) >= 11 is 0. The maximum absolute atomic E-state index is 11.0. The molecule has 0 saturated carbocycles. The van der Waals surface area contributed by atoms with Gasteiger partial charge in [0.25, 0.3) is 0 Å². The molecule has 1 aromatic carbocycles. The largest absolute Gasteiger partial charge is 0.477 e. The summed E-state index contributed by atoms with van der Waals surface area (Å²) in [4.78, 5) is 11.0. The summed E-state index contributed by atoms with van der Waals surface area (Å²) in [6, 6.07) is 10.1. The van der Waals surface area contributed by atoms with Crippen LogP contribution in [0.4, 0.5) is 0 Å². The molecule has 0 fully saturated rings. The third-order valence-electron chi connectivity index (χ3n) is 2.27. The number of carboxylic acid groups (broad SMARTS) is 1. The number of benzene rings is 1.